The Balaban J connectivity index is 1.84. The number of hydrogen-bond donors (Lipinski definition) is 0. The number of alkyl halides is 3. The molecule has 2 fully saturated rings. The lowest BCUT2D eigenvalue weighted by Crippen LogP contribution is -2.42. The molecule has 3 rings (SSSR count). The molecular weight excluding hydrogens is 301 g/mol. The molecule has 124 valence electrons. The Labute approximate surface area is 134 Å². The van der Waals surface area contributed by atoms with Gasteiger partial charge in [0.05, 0.1) is 5.56 Å². The standard InChI is InChI=1S/C19H21F3O/c1-18-11-3-2-4-15(18)10-7-14(17(18)23)12-13-5-8-16(9-6-13)19(20,21)22/h5-6,8-9,12,15H,2-4,7,10-11H2,1H3/t15-,18+/m1/s1. The Morgan fingerprint density at radius 2 is 1.83 bits per heavy atom. The lowest BCUT2D eigenvalue weighted by Gasteiger charge is -2.44. The number of carbonyl (C=O) groups excluding carboxylic acids is 1. The van der Waals surface area contributed by atoms with Gasteiger partial charge in [-0.05, 0) is 60.9 Å². The first-order valence-electron chi connectivity index (χ1n) is 8.23. The summed E-state index contributed by atoms with van der Waals surface area (Å²) in [4.78, 5) is 12.9. The average Bonchev–Trinajstić information content (AvgIpc) is 2.51. The first-order valence-corrected chi connectivity index (χ1v) is 8.23. The van der Waals surface area contributed by atoms with E-state index in [9.17, 15) is 18.0 Å². The molecule has 0 aromatic heterocycles. The van der Waals surface area contributed by atoms with Crippen LogP contribution in [0.15, 0.2) is 29.8 Å². The van der Waals surface area contributed by atoms with Crippen LogP contribution >= 0.6 is 0 Å². The van der Waals surface area contributed by atoms with E-state index in [2.05, 4.69) is 6.92 Å². The zero-order valence-electron chi connectivity index (χ0n) is 13.2. The molecule has 0 N–H and O–H groups in total. The third-order valence-electron chi connectivity index (χ3n) is 5.55. The molecule has 2 atom stereocenters. The maximum absolute atomic E-state index is 12.9. The van der Waals surface area contributed by atoms with Crippen molar-refractivity contribution in [3.63, 3.8) is 0 Å². The van der Waals surface area contributed by atoms with Crippen LogP contribution in [-0.2, 0) is 11.0 Å². The number of ketones is 1. The van der Waals surface area contributed by atoms with Gasteiger partial charge in [0.1, 0.15) is 0 Å². The fourth-order valence-corrected chi connectivity index (χ4v) is 4.08. The second-order valence-corrected chi connectivity index (χ2v) is 7.02. The van der Waals surface area contributed by atoms with Gasteiger partial charge in [-0.15, -0.1) is 0 Å². The van der Waals surface area contributed by atoms with E-state index in [1.165, 1.54) is 18.6 Å². The van der Waals surface area contributed by atoms with E-state index in [1.807, 2.05) is 0 Å². The van der Waals surface area contributed by atoms with Gasteiger partial charge >= 0.3 is 6.18 Å². The molecule has 0 spiro atoms. The summed E-state index contributed by atoms with van der Waals surface area (Å²) in [6.45, 7) is 2.07. The maximum atomic E-state index is 12.9. The second-order valence-electron chi connectivity index (χ2n) is 7.02. The summed E-state index contributed by atoms with van der Waals surface area (Å²) in [5.41, 5.74) is 0.507. The summed E-state index contributed by atoms with van der Waals surface area (Å²) in [5, 5.41) is 0. The number of allylic oxidation sites excluding steroid dienone is 1. The zero-order chi connectivity index (χ0) is 16.7. The molecule has 0 aliphatic heterocycles. The number of benzene rings is 1. The van der Waals surface area contributed by atoms with Crippen LogP contribution in [0, 0.1) is 11.3 Å². The highest BCUT2D eigenvalue weighted by Crippen LogP contribution is 2.49. The van der Waals surface area contributed by atoms with Gasteiger partial charge in [-0.1, -0.05) is 31.9 Å². The molecule has 1 aromatic rings. The normalized spacial score (nSPS) is 30.3. The van der Waals surface area contributed by atoms with Gasteiger partial charge < -0.3 is 0 Å². The first-order chi connectivity index (χ1) is 10.8. The van der Waals surface area contributed by atoms with Crippen molar-refractivity contribution in [2.24, 2.45) is 11.3 Å². The van der Waals surface area contributed by atoms with Crippen molar-refractivity contribution in [3.05, 3.63) is 41.0 Å². The lowest BCUT2D eigenvalue weighted by atomic mass is 9.58. The van der Waals surface area contributed by atoms with Crippen LogP contribution < -0.4 is 0 Å². The third kappa shape index (κ3) is 3.08. The van der Waals surface area contributed by atoms with Gasteiger partial charge in [0.2, 0.25) is 0 Å². The smallest absolute Gasteiger partial charge is 0.294 e. The molecule has 0 unspecified atom stereocenters. The Kier molecular flexibility index (Phi) is 4.11. The maximum Gasteiger partial charge on any atom is 0.416 e. The highest BCUT2D eigenvalue weighted by molar-refractivity contribution is 6.04. The Bertz CT molecular complexity index is 627. The van der Waals surface area contributed by atoms with E-state index in [4.69, 9.17) is 0 Å². The van der Waals surface area contributed by atoms with Gasteiger partial charge in [0, 0.05) is 5.41 Å². The minimum atomic E-state index is -4.32. The fraction of sp³-hybridized carbons (Fsp3) is 0.526. The minimum Gasteiger partial charge on any atom is -0.294 e. The van der Waals surface area contributed by atoms with Crippen molar-refractivity contribution in [2.75, 3.05) is 0 Å². The third-order valence-corrected chi connectivity index (χ3v) is 5.55. The predicted molar refractivity (Wildman–Crippen MR) is 83.7 cm³/mol. The summed E-state index contributed by atoms with van der Waals surface area (Å²) in [6, 6.07) is 5.03. The first kappa shape index (κ1) is 16.3. The average molecular weight is 322 g/mol. The van der Waals surface area contributed by atoms with Crippen LogP contribution in [0.3, 0.4) is 0 Å². The summed E-state index contributed by atoms with van der Waals surface area (Å²) in [6.07, 6.45) is 3.54. The molecule has 4 heteroatoms. The molecule has 0 heterocycles. The zero-order valence-corrected chi connectivity index (χ0v) is 13.2. The van der Waals surface area contributed by atoms with Gasteiger partial charge in [-0.25, -0.2) is 0 Å². The molecule has 0 radical (unpaired) electrons. The highest BCUT2D eigenvalue weighted by Gasteiger charge is 2.46. The van der Waals surface area contributed by atoms with E-state index >= 15 is 0 Å². The fourth-order valence-electron chi connectivity index (χ4n) is 4.08. The summed E-state index contributed by atoms with van der Waals surface area (Å²) in [5.74, 6) is 0.668. The van der Waals surface area contributed by atoms with E-state index in [1.54, 1.807) is 6.08 Å². The Hall–Kier alpha value is -1.58. The number of fused-ring (bicyclic) bond motifs is 1. The summed E-state index contributed by atoms with van der Waals surface area (Å²) >= 11 is 0. The SMILES string of the molecule is C[C@]12CCCC[C@@H]1CCC(=Cc1ccc(C(F)(F)F)cc1)C2=O. The molecule has 0 amide bonds. The van der Waals surface area contributed by atoms with Gasteiger partial charge in [0.25, 0.3) is 0 Å². The molecule has 2 aliphatic rings. The number of carbonyl (C=O) groups is 1. The Morgan fingerprint density at radius 1 is 1.13 bits per heavy atom. The minimum absolute atomic E-state index is 0.202. The van der Waals surface area contributed by atoms with Crippen LogP contribution in [0.1, 0.15) is 56.6 Å². The quantitative estimate of drug-likeness (QED) is 0.611. The van der Waals surface area contributed by atoms with Crippen LogP contribution in [0.2, 0.25) is 0 Å². The summed E-state index contributed by atoms with van der Waals surface area (Å²) in [7, 11) is 0. The van der Waals surface area contributed by atoms with Crippen LogP contribution in [-0.4, -0.2) is 5.78 Å². The number of Topliss-reactive ketones (excluding diaryl/α,β-unsaturated/α-hetero) is 1. The summed E-state index contributed by atoms with van der Waals surface area (Å²) < 4.78 is 37.8. The van der Waals surface area contributed by atoms with Crippen LogP contribution in [0.4, 0.5) is 13.2 Å². The Morgan fingerprint density at radius 3 is 2.48 bits per heavy atom. The molecule has 0 bridgehead atoms. The van der Waals surface area contributed by atoms with Crippen molar-refractivity contribution in [1.29, 1.82) is 0 Å². The number of halogens is 3. The largest absolute Gasteiger partial charge is 0.416 e. The monoisotopic (exact) mass is 322 g/mol. The van der Waals surface area contributed by atoms with Crippen molar-refractivity contribution >= 4 is 11.9 Å². The second kappa shape index (κ2) is 5.81. The molecule has 23 heavy (non-hydrogen) atoms. The van der Waals surface area contributed by atoms with E-state index in [0.717, 1.165) is 49.8 Å². The van der Waals surface area contributed by atoms with E-state index in [-0.39, 0.29) is 11.2 Å². The predicted octanol–water partition coefficient (Wildman–Crippen LogP) is 5.65. The number of rotatable bonds is 1. The molecule has 2 saturated carbocycles. The van der Waals surface area contributed by atoms with Crippen molar-refractivity contribution in [3.8, 4) is 0 Å². The van der Waals surface area contributed by atoms with E-state index < -0.39 is 11.7 Å². The van der Waals surface area contributed by atoms with Crippen LogP contribution in [0.25, 0.3) is 6.08 Å². The highest BCUT2D eigenvalue weighted by atomic mass is 19.4. The van der Waals surface area contributed by atoms with Gasteiger partial charge in [-0.2, -0.15) is 13.2 Å². The van der Waals surface area contributed by atoms with Gasteiger partial charge in [0.15, 0.2) is 5.78 Å². The van der Waals surface area contributed by atoms with Crippen molar-refractivity contribution in [1.82, 2.24) is 0 Å². The van der Waals surface area contributed by atoms with Crippen molar-refractivity contribution in [2.45, 2.75) is 51.6 Å². The topological polar surface area (TPSA) is 17.1 Å². The van der Waals surface area contributed by atoms with Gasteiger partial charge in [-0.3, -0.25) is 4.79 Å². The van der Waals surface area contributed by atoms with E-state index in [0.29, 0.717) is 11.5 Å². The molecule has 0 saturated heterocycles. The molecule has 2 aliphatic carbocycles. The van der Waals surface area contributed by atoms with Crippen molar-refractivity contribution < 1.29 is 18.0 Å². The molecule has 1 nitrogen and oxygen atoms in total. The number of hydrogen-bond acceptors (Lipinski definition) is 1. The lowest BCUT2D eigenvalue weighted by molar-refractivity contribution is -0.137. The molecule has 1 aromatic carbocycles. The molecular formula is C19H21F3O. The van der Waals surface area contributed by atoms with Crippen LogP contribution in [0.5, 0.6) is 0 Å².